The van der Waals surface area contributed by atoms with Crippen molar-refractivity contribution in [2.75, 3.05) is 13.2 Å². The van der Waals surface area contributed by atoms with Crippen molar-refractivity contribution in [3.63, 3.8) is 0 Å². The topological polar surface area (TPSA) is 72.8 Å². The van der Waals surface area contributed by atoms with Crippen LogP contribution in [0.15, 0.2) is 24.3 Å². The van der Waals surface area contributed by atoms with Crippen LogP contribution in [0.25, 0.3) is 0 Å². The number of unbranched alkanes of at least 4 members (excludes halogenated alkanes) is 28. The van der Waals surface area contributed by atoms with Crippen molar-refractivity contribution in [1.29, 1.82) is 0 Å². The molecule has 0 aromatic carbocycles. The lowest BCUT2D eigenvalue weighted by molar-refractivity contribution is -0.161. The van der Waals surface area contributed by atoms with Gasteiger partial charge in [0, 0.05) is 12.8 Å². The van der Waals surface area contributed by atoms with E-state index in [1.54, 1.807) is 0 Å². The molecule has 0 fully saturated rings. The molecule has 0 bridgehead atoms. The van der Waals surface area contributed by atoms with E-state index >= 15 is 0 Å². The molecule has 0 amide bonds. The predicted molar refractivity (Wildman–Crippen MR) is 215 cm³/mol. The molecule has 0 aliphatic carbocycles. The third-order valence-corrected chi connectivity index (χ3v) is 9.75. The lowest BCUT2D eigenvalue weighted by Gasteiger charge is -2.15. The van der Waals surface area contributed by atoms with Crippen molar-refractivity contribution in [2.45, 2.75) is 238 Å². The van der Waals surface area contributed by atoms with Gasteiger partial charge in [-0.15, -0.1) is 0 Å². The maximum Gasteiger partial charge on any atom is 0.306 e. The van der Waals surface area contributed by atoms with Crippen molar-refractivity contribution >= 4 is 11.9 Å². The number of allylic oxidation sites excluding steroid dienone is 4. The Kier molecular flexibility index (Phi) is 40.4. The van der Waals surface area contributed by atoms with Crippen LogP contribution < -0.4 is 0 Å². The monoisotopic (exact) mass is 705 g/mol. The van der Waals surface area contributed by atoms with Crippen LogP contribution in [0.4, 0.5) is 0 Å². The zero-order valence-corrected chi connectivity index (χ0v) is 33.4. The Balaban J connectivity index is 3.48. The van der Waals surface area contributed by atoms with Crippen molar-refractivity contribution in [3.8, 4) is 0 Å². The molecule has 0 aliphatic rings. The van der Waals surface area contributed by atoms with Gasteiger partial charge in [0.15, 0.2) is 6.10 Å². The minimum absolute atomic E-state index is 0.0689. The van der Waals surface area contributed by atoms with Crippen molar-refractivity contribution in [2.24, 2.45) is 0 Å². The Morgan fingerprint density at radius 3 is 1.24 bits per heavy atom. The van der Waals surface area contributed by atoms with Gasteiger partial charge in [0.2, 0.25) is 0 Å². The van der Waals surface area contributed by atoms with E-state index in [9.17, 15) is 14.7 Å². The van der Waals surface area contributed by atoms with Crippen molar-refractivity contribution in [1.82, 2.24) is 0 Å². The smallest absolute Gasteiger partial charge is 0.306 e. The number of ether oxygens (including phenoxy) is 2. The second-order valence-electron chi connectivity index (χ2n) is 14.8. The molecule has 0 saturated heterocycles. The van der Waals surface area contributed by atoms with Gasteiger partial charge in [-0.2, -0.15) is 0 Å². The van der Waals surface area contributed by atoms with Gasteiger partial charge < -0.3 is 14.6 Å². The fourth-order valence-electron chi connectivity index (χ4n) is 6.40. The zero-order chi connectivity index (χ0) is 36.4. The molecule has 0 spiro atoms. The number of hydrogen-bond donors (Lipinski definition) is 1. The Morgan fingerprint density at radius 1 is 0.460 bits per heavy atom. The molecule has 0 heterocycles. The van der Waals surface area contributed by atoms with E-state index in [-0.39, 0.29) is 25.2 Å². The number of carbonyl (C=O) groups excluding carboxylic acids is 2. The normalized spacial score (nSPS) is 12.3. The third kappa shape index (κ3) is 39.2. The molecule has 294 valence electrons. The van der Waals surface area contributed by atoms with E-state index in [1.165, 1.54) is 154 Å². The highest BCUT2D eigenvalue weighted by molar-refractivity contribution is 5.70. The van der Waals surface area contributed by atoms with Crippen LogP contribution >= 0.6 is 0 Å². The molecule has 0 saturated carbocycles. The van der Waals surface area contributed by atoms with E-state index in [4.69, 9.17) is 9.47 Å². The number of rotatable bonds is 40. The summed E-state index contributed by atoms with van der Waals surface area (Å²) in [5.74, 6) is -0.597. The molecular formula is C45H84O5. The number of esters is 2. The molecule has 0 aromatic heterocycles. The quantitative estimate of drug-likeness (QED) is 0.0390. The van der Waals surface area contributed by atoms with Crippen LogP contribution in [-0.2, 0) is 19.1 Å². The van der Waals surface area contributed by atoms with Gasteiger partial charge in [-0.25, -0.2) is 0 Å². The molecule has 0 aliphatic heterocycles. The Hall–Kier alpha value is -1.62. The summed E-state index contributed by atoms with van der Waals surface area (Å²) in [4.78, 5) is 24.3. The first-order valence-corrected chi connectivity index (χ1v) is 21.9. The van der Waals surface area contributed by atoms with Crippen LogP contribution in [0, 0.1) is 0 Å². The SMILES string of the molecule is CCCC/C=C/C/C=C/CCCCCCCC(=O)OC[C@H](CO)OC(=O)CCCCCCCCCCCCCCCCCCCCCCCC. The van der Waals surface area contributed by atoms with Gasteiger partial charge in [-0.1, -0.05) is 205 Å². The fraction of sp³-hybridized carbons (Fsp3) is 0.867. The second-order valence-corrected chi connectivity index (χ2v) is 14.8. The van der Waals surface area contributed by atoms with Gasteiger partial charge >= 0.3 is 11.9 Å². The minimum atomic E-state index is -0.772. The van der Waals surface area contributed by atoms with E-state index < -0.39 is 6.10 Å². The lowest BCUT2D eigenvalue weighted by atomic mass is 10.0. The summed E-state index contributed by atoms with van der Waals surface area (Å²) in [5.41, 5.74) is 0. The van der Waals surface area contributed by atoms with Crippen LogP contribution in [0.2, 0.25) is 0 Å². The fourth-order valence-corrected chi connectivity index (χ4v) is 6.40. The predicted octanol–water partition coefficient (Wildman–Crippen LogP) is 13.8. The molecule has 0 aromatic rings. The summed E-state index contributed by atoms with van der Waals surface area (Å²) in [6.07, 6.45) is 49.7. The average molecular weight is 705 g/mol. The molecule has 0 radical (unpaired) electrons. The second kappa shape index (κ2) is 41.8. The number of aliphatic hydroxyl groups excluding tert-OH is 1. The first-order chi connectivity index (χ1) is 24.6. The van der Waals surface area contributed by atoms with Gasteiger partial charge in [0.1, 0.15) is 6.61 Å². The highest BCUT2D eigenvalue weighted by Gasteiger charge is 2.16. The highest BCUT2D eigenvalue weighted by Crippen LogP contribution is 2.16. The van der Waals surface area contributed by atoms with Gasteiger partial charge in [0.25, 0.3) is 0 Å². The summed E-state index contributed by atoms with van der Waals surface area (Å²) in [6, 6.07) is 0. The van der Waals surface area contributed by atoms with Gasteiger partial charge in [-0.3, -0.25) is 9.59 Å². The first-order valence-electron chi connectivity index (χ1n) is 21.9. The Morgan fingerprint density at radius 2 is 0.820 bits per heavy atom. The standard InChI is InChI=1S/C45H84O5/c1-3-5-7-9-11-13-15-17-19-20-21-22-23-24-25-26-28-30-32-34-36-38-40-45(48)50-43(41-46)42-49-44(47)39-37-35-33-31-29-27-18-16-14-12-10-8-6-4-2/h10,12,16,18,43,46H,3-9,11,13-15,17,19-42H2,1-2H3/b12-10+,18-16+/t43-/m0/s1. The number of carbonyl (C=O) groups is 2. The van der Waals surface area contributed by atoms with Gasteiger partial charge in [0.05, 0.1) is 6.61 Å². The lowest BCUT2D eigenvalue weighted by Crippen LogP contribution is -2.28. The summed E-state index contributed by atoms with van der Waals surface area (Å²) in [6.45, 7) is 4.11. The highest BCUT2D eigenvalue weighted by atomic mass is 16.6. The van der Waals surface area contributed by atoms with Gasteiger partial charge in [-0.05, 0) is 38.5 Å². The number of hydrogen-bond acceptors (Lipinski definition) is 5. The average Bonchev–Trinajstić information content (AvgIpc) is 3.12. The molecule has 1 N–H and O–H groups in total. The minimum Gasteiger partial charge on any atom is -0.462 e. The largest absolute Gasteiger partial charge is 0.462 e. The first kappa shape index (κ1) is 48.4. The maximum absolute atomic E-state index is 12.2. The molecule has 50 heavy (non-hydrogen) atoms. The van der Waals surface area contributed by atoms with E-state index in [0.717, 1.165) is 51.4 Å². The number of aliphatic hydroxyl groups is 1. The molecule has 5 nitrogen and oxygen atoms in total. The molecule has 0 rings (SSSR count). The van der Waals surface area contributed by atoms with Crippen LogP contribution in [0.3, 0.4) is 0 Å². The molecule has 5 heteroatoms. The van der Waals surface area contributed by atoms with Crippen molar-refractivity contribution < 1.29 is 24.2 Å². The maximum atomic E-state index is 12.2. The summed E-state index contributed by atoms with van der Waals surface area (Å²) in [5, 5.41) is 9.57. The molecule has 1 atom stereocenters. The Bertz CT molecular complexity index is 761. The summed E-state index contributed by atoms with van der Waals surface area (Å²) in [7, 11) is 0. The zero-order valence-electron chi connectivity index (χ0n) is 33.4. The van der Waals surface area contributed by atoms with Crippen molar-refractivity contribution in [3.05, 3.63) is 24.3 Å². The van der Waals surface area contributed by atoms with Crippen LogP contribution in [0.5, 0.6) is 0 Å². The third-order valence-electron chi connectivity index (χ3n) is 9.75. The molecule has 0 unspecified atom stereocenters. The van der Waals surface area contributed by atoms with Crippen LogP contribution in [0.1, 0.15) is 232 Å². The summed E-state index contributed by atoms with van der Waals surface area (Å²) < 4.78 is 10.6. The molecular weight excluding hydrogens is 620 g/mol. The van der Waals surface area contributed by atoms with E-state index in [2.05, 4.69) is 38.2 Å². The van der Waals surface area contributed by atoms with E-state index in [1.807, 2.05) is 0 Å². The Labute approximate surface area is 311 Å². The van der Waals surface area contributed by atoms with E-state index in [0.29, 0.717) is 12.8 Å². The summed E-state index contributed by atoms with van der Waals surface area (Å²) >= 11 is 0. The van der Waals surface area contributed by atoms with Crippen LogP contribution in [-0.4, -0.2) is 36.4 Å².